The molecule has 0 bridgehead atoms. The topological polar surface area (TPSA) is 34.0 Å². The summed E-state index contributed by atoms with van der Waals surface area (Å²) in [7, 11) is 0. The highest BCUT2D eigenvalue weighted by Gasteiger charge is 2.15. The van der Waals surface area contributed by atoms with E-state index in [-0.39, 0.29) is 0 Å². The summed E-state index contributed by atoms with van der Waals surface area (Å²) in [6.45, 7) is 5.36. The van der Waals surface area contributed by atoms with Crippen LogP contribution in [0, 0.1) is 0 Å². The highest BCUT2D eigenvalue weighted by atomic mass is 15.4. The third kappa shape index (κ3) is 0.982. The third-order valence-electron chi connectivity index (χ3n) is 2.09. The zero-order valence-electron chi connectivity index (χ0n) is 6.69. The molecule has 4 heteroatoms. The highest BCUT2D eigenvalue weighted by Crippen LogP contribution is 2.15. The summed E-state index contributed by atoms with van der Waals surface area (Å²) in [5.41, 5.74) is 0. The van der Waals surface area contributed by atoms with Gasteiger partial charge in [0.25, 0.3) is 0 Å². The van der Waals surface area contributed by atoms with Crippen LogP contribution in [0.25, 0.3) is 0 Å². The second-order valence-electron chi connectivity index (χ2n) is 2.76. The Morgan fingerprint density at radius 3 is 3.27 bits per heavy atom. The lowest BCUT2D eigenvalue weighted by atomic mass is 10.3. The van der Waals surface area contributed by atoms with Crippen LogP contribution >= 0.6 is 0 Å². The van der Waals surface area contributed by atoms with Gasteiger partial charge in [0.2, 0.25) is 5.95 Å². The van der Waals surface area contributed by atoms with E-state index in [9.17, 15) is 0 Å². The Hall–Kier alpha value is -1.06. The average Bonchev–Trinajstić information content (AvgIpc) is 2.50. The van der Waals surface area contributed by atoms with Crippen LogP contribution < -0.4 is 4.90 Å². The summed E-state index contributed by atoms with van der Waals surface area (Å²) in [5, 5.41) is 7.92. The zero-order chi connectivity index (χ0) is 7.68. The van der Waals surface area contributed by atoms with E-state index in [0.717, 1.165) is 25.6 Å². The fraction of sp³-hybridized carbons (Fsp3) is 0.714. The first-order valence-corrected chi connectivity index (χ1v) is 4.04. The van der Waals surface area contributed by atoms with Crippen LogP contribution in [0.1, 0.15) is 13.3 Å². The van der Waals surface area contributed by atoms with Crippen molar-refractivity contribution >= 4 is 5.95 Å². The summed E-state index contributed by atoms with van der Waals surface area (Å²) >= 11 is 0. The van der Waals surface area contributed by atoms with Gasteiger partial charge in [-0.15, -0.1) is 10.2 Å². The first-order chi connectivity index (χ1) is 5.42. The molecule has 0 spiro atoms. The van der Waals surface area contributed by atoms with Gasteiger partial charge in [0, 0.05) is 19.6 Å². The van der Waals surface area contributed by atoms with Crippen LogP contribution in [0.2, 0.25) is 0 Å². The molecule has 0 aliphatic carbocycles. The number of aryl methyl sites for hydroxylation is 1. The Bertz CT molecular complexity index is 242. The minimum atomic E-state index is 1.03. The van der Waals surface area contributed by atoms with Crippen molar-refractivity contribution in [2.75, 3.05) is 18.0 Å². The van der Waals surface area contributed by atoms with Gasteiger partial charge in [-0.2, -0.15) is 0 Å². The van der Waals surface area contributed by atoms with E-state index in [0.29, 0.717) is 0 Å². The van der Waals surface area contributed by atoms with Crippen molar-refractivity contribution in [1.29, 1.82) is 0 Å². The van der Waals surface area contributed by atoms with Crippen molar-refractivity contribution in [1.82, 2.24) is 14.8 Å². The molecule has 0 unspecified atom stereocenters. The molecule has 60 valence electrons. The number of nitrogens with zero attached hydrogens (tertiary/aromatic N) is 4. The Balaban J connectivity index is 2.32. The molecule has 11 heavy (non-hydrogen) atoms. The number of anilines is 1. The Morgan fingerprint density at radius 1 is 1.55 bits per heavy atom. The van der Waals surface area contributed by atoms with Gasteiger partial charge < -0.3 is 4.90 Å². The van der Waals surface area contributed by atoms with Crippen LogP contribution in [-0.2, 0) is 6.54 Å². The summed E-state index contributed by atoms with van der Waals surface area (Å²) in [4.78, 5) is 2.25. The molecule has 4 nitrogen and oxygen atoms in total. The zero-order valence-corrected chi connectivity index (χ0v) is 6.69. The molecule has 0 aromatic carbocycles. The molecule has 0 saturated heterocycles. The quantitative estimate of drug-likeness (QED) is 0.588. The average molecular weight is 152 g/mol. The molecular weight excluding hydrogens is 140 g/mol. The maximum Gasteiger partial charge on any atom is 0.227 e. The summed E-state index contributed by atoms with van der Waals surface area (Å²) in [6, 6.07) is 0. The molecule has 0 fully saturated rings. The van der Waals surface area contributed by atoms with E-state index in [1.54, 1.807) is 6.33 Å². The van der Waals surface area contributed by atoms with E-state index in [4.69, 9.17) is 0 Å². The Morgan fingerprint density at radius 2 is 2.45 bits per heavy atom. The van der Waals surface area contributed by atoms with Crippen molar-refractivity contribution in [3.05, 3.63) is 6.33 Å². The van der Waals surface area contributed by atoms with Gasteiger partial charge in [0.1, 0.15) is 6.33 Å². The standard InChI is InChI=1S/C7H12N4/c1-2-10-4-3-5-11-6-8-9-7(10)11/h6H,2-5H2,1H3. The predicted octanol–water partition coefficient (Wildman–Crippen LogP) is 0.508. The van der Waals surface area contributed by atoms with Gasteiger partial charge >= 0.3 is 0 Å². The van der Waals surface area contributed by atoms with Gasteiger partial charge in [-0.3, -0.25) is 4.57 Å². The largest absolute Gasteiger partial charge is 0.341 e. The van der Waals surface area contributed by atoms with Crippen LogP contribution in [0.4, 0.5) is 5.95 Å². The Labute approximate surface area is 65.8 Å². The van der Waals surface area contributed by atoms with E-state index < -0.39 is 0 Å². The van der Waals surface area contributed by atoms with Crippen molar-refractivity contribution < 1.29 is 0 Å². The van der Waals surface area contributed by atoms with Gasteiger partial charge in [0.15, 0.2) is 0 Å². The van der Waals surface area contributed by atoms with Crippen LogP contribution in [0.5, 0.6) is 0 Å². The van der Waals surface area contributed by atoms with Gasteiger partial charge in [-0.05, 0) is 13.3 Å². The second-order valence-corrected chi connectivity index (χ2v) is 2.76. The molecule has 2 heterocycles. The molecular formula is C7H12N4. The maximum atomic E-state index is 4.05. The fourth-order valence-corrected chi connectivity index (χ4v) is 1.48. The number of hydrogen-bond donors (Lipinski definition) is 0. The third-order valence-corrected chi connectivity index (χ3v) is 2.09. The molecule has 0 saturated carbocycles. The molecule has 0 radical (unpaired) electrons. The second kappa shape index (κ2) is 2.53. The maximum absolute atomic E-state index is 4.05. The lowest BCUT2D eigenvalue weighted by molar-refractivity contribution is 0.562. The number of rotatable bonds is 1. The number of aromatic nitrogens is 3. The van der Waals surface area contributed by atoms with Crippen LogP contribution in [0.15, 0.2) is 6.33 Å². The van der Waals surface area contributed by atoms with E-state index in [1.807, 2.05) is 0 Å². The van der Waals surface area contributed by atoms with Crippen molar-refractivity contribution in [3.8, 4) is 0 Å². The normalized spacial score (nSPS) is 16.6. The van der Waals surface area contributed by atoms with Gasteiger partial charge in [-0.25, -0.2) is 0 Å². The molecule has 2 rings (SSSR count). The minimum Gasteiger partial charge on any atom is -0.341 e. The Kier molecular flexibility index (Phi) is 1.52. The number of hydrogen-bond acceptors (Lipinski definition) is 3. The monoisotopic (exact) mass is 152 g/mol. The van der Waals surface area contributed by atoms with Crippen molar-refractivity contribution in [3.63, 3.8) is 0 Å². The summed E-state index contributed by atoms with van der Waals surface area (Å²) in [5.74, 6) is 1.03. The number of fused-ring (bicyclic) bond motifs is 1. The van der Waals surface area contributed by atoms with E-state index in [2.05, 4.69) is 26.6 Å². The molecule has 0 atom stereocenters. The predicted molar refractivity (Wildman–Crippen MR) is 42.5 cm³/mol. The lowest BCUT2D eigenvalue weighted by Crippen LogP contribution is -2.31. The lowest BCUT2D eigenvalue weighted by Gasteiger charge is -2.26. The molecule has 1 aromatic heterocycles. The molecule has 1 aliphatic rings. The fourth-order valence-electron chi connectivity index (χ4n) is 1.48. The van der Waals surface area contributed by atoms with E-state index >= 15 is 0 Å². The van der Waals surface area contributed by atoms with Crippen molar-refractivity contribution in [2.45, 2.75) is 19.9 Å². The van der Waals surface area contributed by atoms with Gasteiger partial charge in [-0.1, -0.05) is 0 Å². The smallest absolute Gasteiger partial charge is 0.227 e. The summed E-state index contributed by atoms with van der Waals surface area (Å²) < 4.78 is 2.10. The van der Waals surface area contributed by atoms with Crippen LogP contribution in [0.3, 0.4) is 0 Å². The highest BCUT2D eigenvalue weighted by molar-refractivity contribution is 5.30. The van der Waals surface area contributed by atoms with Gasteiger partial charge in [0.05, 0.1) is 0 Å². The summed E-state index contributed by atoms with van der Waals surface area (Å²) in [6.07, 6.45) is 3.01. The molecule has 0 N–H and O–H groups in total. The minimum absolute atomic E-state index is 1.03. The SMILES string of the molecule is CCN1CCCn2cnnc21. The first-order valence-electron chi connectivity index (χ1n) is 4.04. The van der Waals surface area contributed by atoms with Crippen LogP contribution in [-0.4, -0.2) is 27.9 Å². The molecule has 0 amide bonds. The molecule has 1 aromatic rings. The van der Waals surface area contributed by atoms with E-state index in [1.165, 1.54) is 6.42 Å². The van der Waals surface area contributed by atoms with Crippen molar-refractivity contribution in [2.24, 2.45) is 0 Å². The first kappa shape index (κ1) is 6.64. The molecule has 1 aliphatic heterocycles.